The number of carbonyl (C=O) groups excluding carboxylic acids is 2. The fourth-order valence-corrected chi connectivity index (χ4v) is 1.58. The number of hydrogen-bond acceptors (Lipinski definition) is 3. The SMILES string of the molecule is CCC(C)CNC(=O)N1CC(=O)NCC1C(=O)O. The van der Waals surface area contributed by atoms with Gasteiger partial charge in [0.15, 0.2) is 0 Å². The molecule has 1 aliphatic heterocycles. The number of aliphatic carboxylic acids is 1. The van der Waals surface area contributed by atoms with Crippen LogP contribution in [0.2, 0.25) is 0 Å². The number of nitrogens with one attached hydrogen (secondary N) is 2. The summed E-state index contributed by atoms with van der Waals surface area (Å²) in [5, 5.41) is 14.1. The number of amides is 3. The molecule has 3 amide bonds. The maximum atomic E-state index is 11.9. The van der Waals surface area contributed by atoms with Crippen molar-refractivity contribution in [3.05, 3.63) is 0 Å². The molecule has 0 aromatic rings. The quantitative estimate of drug-likeness (QED) is 0.639. The first-order chi connectivity index (χ1) is 8.45. The summed E-state index contributed by atoms with van der Waals surface area (Å²) in [6.45, 7) is 4.19. The highest BCUT2D eigenvalue weighted by Gasteiger charge is 2.35. The lowest BCUT2D eigenvalue weighted by Crippen LogP contribution is -2.61. The summed E-state index contributed by atoms with van der Waals surface area (Å²) >= 11 is 0. The maximum Gasteiger partial charge on any atom is 0.328 e. The molecule has 18 heavy (non-hydrogen) atoms. The molecule has 1 saturated heterocycles. The van der Waals surface area contributed by atoms with E-state index in [1.165, 1.54) is 0 Å². The molecule has 3 N–H and O–H groups in total. The topological polar surface area (TPSA) is 98.7 Å². The van der Waals surface area contributed by atoms with Crippen LogP contribution in [0.3, 0.4) is 0 Å². The van der Waals surface area contributed by atoms with E-state index in [0.29, 0.717) is 12.5 Å². The molecule has 0 spiro atoms. The average molecular weight is 257 g/mol. The zero-order chi connectivity index (χ0) is 13.7. The Hall–Kier alpha value is -1.79. The van der Waals surface area contributed by atoms with Crippen molar-refractivity contribution in [3.63, 3.8) is 0 Å². The highest BCUT2D eigenvalue weighted by molar-refractivity contribution is 5.90. The van der Waals surface area contributed by atoms with Gasteiger partial charge in [0.25, 0.3) is 0 Å². The van der Waals surface area contributed by atoms with Crippen molar-refractivity contribution >= 4 is 17.9 Å². The molecule has 2 unspecified atom stereocenters. The van der Waals surface area contributed by atoms with Crippen LogP contribution in [0.4, 0.5) is 4.79 Å². The van der Waals surface area contributed by atoms with E-state index < -0.39 is 18.0 Å². The van der Waals surface area contributed by atoms with E-state index in [1.54, 1.807) is 0 Å². The fourth-order valence-electron chi connectivity index (χ4n) is 1.58. The molecule has 7 nitrogen and oxygen atoms in total. The molecule has 1 aliphatic rings. The van der Waals surface area contributed by atoms with E-state index >= 15 is 0 Å². The second-order valence-electron chi connectivity index (χ2n) is 4.49. The van der Waals surface area contributed by atoms with Gasteiger partial charge in [0.1, 0.15) is 12.6 Å². The second-order valence-corrected chi connectivity index (χ2v) is 4.49. The van der Waals surface area contributed by atoms with Crippen LogP contribution < -0.4 is 10.6 Å². The van der Waals surface area contributed by atoms with Crippen molar-refractivity contribution in [3.8, 4) is 0 Å². The third-order valence-electron chi connectivity index (χ3n) is 3.03. The van der Waals surface area contributed by atoms with Gasteiger partial charge in [-0.1, -0.05) is 20.3 Å². The summed E-state index contributed by atoms with van der Waals surface area (Å²) in [4.78, 5) is 35.1. The number of hydrogen-bond donors (Lipinski definition) is 3. The molecule has 0 bridgehead atoms. The summed E-state index contributed by atoms with van der Waals surface area (Å²) in [5.74, 6) is -1.14. The van der Waals surface area contributed by atoms with Crippen molar-refractivity contribution in [2.24, 2.45) is 5.92 Å². The van der Waals surface area contributed by atoms with Crippen molar-refractivity contribution in [2.75, 3.05) is 19.6 Å². The number of carboxylic acid groups (broad SMARTS) is 1. The Morgan fingerprint density at radius 1 is 1.61 bits per heavy atom. The summed E-state index contributed by atoms with van der Waals surface area (Å²) in [7, 11) is 0. The van der Waals surface area contributed by atoms with Gasteiger partial charge < -0.3 is 15.7 Å². The lowest BCUT2D eigenvalue weighted by atomic mass is 10.1. The zero-order valence-corrected chi connectivity index (χ0v) is 10.6. The second kappa shape index (κ2) is 6.23. The summed E-state index contributed by atoms with van der Waals surface area (Å²) in [5.41, 5.74) is 0. The Morgan fingerprint density at radius 2 is 2.28 bits per heavy atom. The van der Waals surface area contributed by atoms with Crippen molar-refractivity contribution in [1.82, 2.24) is 15.5 Å². The van der Waals surface area contributed by atoms with Crippen LogP contribution in [0.1, 0.15) is 20.3 Å². The van der Waals surface area contributed by atoms with Crippen LogP contribution in [0.25, 0.3) is 0 Å². The Kier molecular flexibility index (Phi) is 4.94. The first kappa shape index (κ1) is 14.3. The zero-order valence-electron chi connectivity index (χ0n) is 10.6. The van der Waals surface area contributed by atoms with E-state index in [1.807, 2.05) is 13.8 Å². The first-order valence-corrected chi connectivity index (χ1v) is 5.99. The van der Waals surface area contributed by atoms with Gasteiger partial charge in [-0.25, -0.2) is 9.59 Å². The number of carbonyl (C=O) groups is 3. The smallest absolute Gasteiger partial charge is 0.328 e. The molecule has 0 aromatic carbocycles. The van der Waals surface area contributed by atoms with Crippen molar-refractivity contribution < 1.29 is 19.5 Å². The van der Waals surface area contributed by atoms with Crippen LogP contribution in [-0.4, -0.2) is 53.6 Å². The maximum absolute atomic E-state index is 11.9. The van der Waals surface area contributed by atoms with Crippen LogP contribution in [0, 0.1) is 5.92 Å². The van der Waals surface area contributed by atoms with E-state index in [4.69, 9.17) is 5.11 Å². The molecule has 2 atom stereocenters. The van der Waals surface area contributed by atoms with Gasteiger partial charge in [0, 0.05) is 13.1 Å². The molecule has 0 saturated carbocycles. The molecule has 1 rings (SSSR count). The van der Waals surface area contributed by atoms with Gasteiger partial charge in [-0.05, 0) is 5.92 Å². The van der Waals surface area contributed by atoms with Crippen LogP contribution in [0.15, 0.2) is 0 Å². The minimum Gasteiger partial charge on any atom is -0.480 e. The van der Waals surface area contributed by atoms with Crippen molar-refractivity contribution in [2.45, 2.75) is 26.3 Å². The number of nitrogens with zero attached hydrogens (tertiary/aromatic N) is 1. The number of urea groups is 1. The van der Waals surface area contributed by atoms with Gasteiger partial charge >= 0.3 is 12.0 Å². The number of rotatable bonds is 4. The average Bonchev–Trinajstić information content (AvgIpc) is 2.34. The summed E-state index contributed by atoms with van der Waals surface area (Å²) in [6.07, 6.45) is 0.920. The minimum absolute atomic E-state index is 0.0507. The lowest BCUT2D eigenvalue weighted by Gasteiger charge is -2.32. The number of carboxylic acids is 1. The standard InChI is InChI=1S/C11H19N3O4/c1-3-7(2)4-13-11(18)14-6-9(15)12-5-8(14)10(16)17/h7-8H,3-6H2,1-2H3,(H,12,15)(H,13,18)(H,16,17). The molecule has 0 aliphatic carbocycles. The van der Waals surface area contributed by atoms with E-state index in [0.717, 1.165) is 11.3 Å². The fraction of sp³-hybridized carbons (Fsp3) is 0.727. The molecule has 102 valence electrons. The molecule has 1 heterocycles. The van der Waals surface area contributed by atoms with E-state index in [-0.39, 0.29) is 19.0 Å². The molecule has 7 heteroatoms. The summed E-state index contributed by atoms with van der Waals surface area (Å²) < 4.78 is 0. The van der Waals surface area contributed by atoms with Gasteiger partial charge in [-0.15, -0.1) is 0 Å². The Bertz CT molecular complexity index is 345. The van der Waals surface area contributed by atoms with Crippen LogP contribution in [0.5, 0.6) is 0 Å². The first-order valence-electron chi connectivity index (χ1n) is 5.99. The monoisotopic (exact) mass is 257 g/mol. The van der Waals surface area contributed by atoms with E-state index in [9.17, 15) is 14.4 Å². The Morgan fingerprint density at radius 3 is 2.83 bits per heavy atom. The van der Waals surface area contributed by atoms with Crippen LogP contribution in [-0.2, 0) is 9.59 Å². The Labute approximate surface area is 106 Å². The Balaban J connectivity index is 2.61. The molecule has 0 aromatic heterocycles. The predicted octanol–water partition coefficient (Wildman–Crippen LogP) is -0.373. The predicted molar refractivity (Wildman–Crippen MR) is 64.0 cm³/mol. The molecular weight excluding hydrogens is 238 g/mol. The molecule has 0 radical (unpaired) electrons. The third-order valence-corrected chi connectivity index (χ3v) is 3.03. The van der Waals surface area contributed by atoms with Crippen LogP contribution >= 0.6 is 0 Å². The van der Waals surface area contributed by atoms with Gasteiger partial charge in [0.2, 0.25) is 5.91 Å². The number of piperazine rings is 1. The normalized spacial score (nSPS) is 21.1. The highest BCUT2D eigenvalue weighted by atomic mass is 16.4. The lowest BCUT2D eigenvalue weighted by molar-refractivity contribution is -0.144. The van der Waals surface area contributed by atoms with E-state index in [2.05, 4.69) is 10.6 Å². The highest BCUT2D eigenvalue weighted by Crippen LogP contribution is 2.06. The largest absolute Gasteiger partial charge is 0.480 e. The van der Waals surface area contributed by atoms with Crippen molar-refractivity contribution in [1.29, 1.82) is 0 Å². The molecule has 1 fully saturated rings. The van der Waals surface area contributed by atoms with Gasteiger partial charge in [-0.2, -0.15) is 0 Å². The van der Waals surface area contributed by atoms with Gasteiger partial charge in [-0.3, -0.25) is 9.69 Å². The summed E-state index contributed by atoms with van der Waals surface area (Å²) in [6, 6.07) is -1.50. The minimum atomic E-state index is -1.12. The molecular formula is C11H19N3O4. The van der Waals surface area contributed by atoms with Gasteiger partial charge in [0.05, 0.1) is 0 Å². The third kappa shape index (κ3) is 3.61.